The molecule has 1 saturated heterocycles. The molecule has 96 valence electrons. The Hall–Kier alpha value is -1.35. The maximum Gasteiger partial charge on any atom is 0.158 e. The lowest BCUT2D eigenvalue weighted by Gasteiger charge is -2.12. The van der Waals surface area contributed by atoms with Crippen LogP contribution in [0.3, 0.4) is 0 Å². The van der Waals surface area contributed by atoms with Crippen molar-refractivity contribution in [3.8, 4) is 6.07 Å². The van der Waals surface area contributed by atoms with Gasteiger partial charge in [0.15, 0.2) is 6.29 Å². The summed E-state index contributed by atoms with van der Waals surface area (Å²) in [5, 5.41) is 8.71. The normalized spacial score (nSPS) is 19.3. The molecule has 0 bridgehead atoms. The van der Waals surface area contributed by atoms with Crippen molar-refractivity contribution in [3.05, 3.63) is 29.8 Å². The third kappa shape index (κ3) is 3.10. The van der Waals surface area contributed by atoms with Gasteiger partial charge in [0.25, 0.3) is 0 Å². The second-order valence-corrected chi connectivity index (χ2v) is 6.62. The highest BCUT2D eigenvalue weighted by atomic mass is 32.2. The Morgan fingerprint density at radius 1 is 1.33 bits per heavy atom. The van der Waals surface area contributed by atoms with Crippen molar-refractivity contribution < 1.29 is 13.7 Å². The Balaban J connectivity index is 2.02. The second-order valence-electron chi connectivity index (χ2n) is 4.11. The number of benzene rings is 1. The molecule has 0 N–H and O–H groups in total. The number of ether oxygens (including phenoxy) is 2. The van der Waals surface area contributed by atoms with Gasteiger partial charge < -0.3 is 9.47 Å². The van der Waals surface area contributed by atoms with Gasteiger partial charge in [-0.05, 0) is 39.7 Å². The van der Waals surface area contributed by atoms with Gasteiger partial charge in [-0.2, -0.15) is 5.26 Å². The van der Waals surface area contributed by atoms with Crippen LogP contribution in [-0.2, 0) is 19.0 Å². The number of hydrogen-bond donors (Lipinski definition) is 0. The van der Waals surface area contributed by atoms with Crippen molar-refractivity contribution >= 4 is 15.4 Å². The average Bonchev–Trinajstić information content (AvgIpc) is 2.90. The van der Waals surface area contributed by atoms with Gasteiger partial charge in [0.2, 0.25) is 0 Å². The quantitative estimate of drug-likeness (QED) is 0.772. The van der Waals surface area contributed by atoms with E-state index in [2.05, 4.69) is 5.87 Å². The number of hydrogen-bond acceptors (Lipinski definition) is 4. The third-order valence-electron chi connectivity index (χ3n) is 2.79. The van der Waals surface area contributed by atoms with Gasteiger partial charge in [-0.3, -0.25) is 4.21 Å². The Morgan fingerprint density at radius 2 is 1.94 bits per heavy atom. The van der Waals surface area contributed by atoms with Gasteiger partial charge in [0.1, 0.15) is 0 Å². The Morgan fingerprint density at radius 3 is 2.50 bits per heavy atom. The number of rotatable bonds is 4. The monoisotopic (exact) mass is 265 g/mol. The molecule has 0 amide bonds. The summed E-state index contributed by atoms with van der Waals surface area (Å²) in [5.74, 6) is 4.21. The minimum atomic E-state index is -2.34. The first kappa shape index (κ1) is 13.1. The molecular weight excluding hydrogens is 250 g/mol. The molecule has 1 unspecified atom stereocenters. The predicted octanol–water partition coefficient (Wildman–Crippen LogP) is 1.40. The summed E-state index contributed by atoms with van der Waals surface area (Å²) in [6, 6.07) is 8.74. The largest absolute Gasteiger partial charge is 0.350 e. The van der Waals surface area contributed by atoms with Crippen molar-refractivity contribution in [2.75, 3.05) is 19.0 Å². The molecular formula is C13H15NO3S. The summed E-state index contributed by atoms with van der Waals surface area (Å²) in [5.41, 5.74) is 0.552. The summed E-state index contributed by atoms with van der Waals surface area (Å²) in [6.07, 6.45) is 0.313. The SMILES string of the molecule is C=S(=O)(CCC1OCCO1)c1ccc(C#N)cc1. The topological polar surface area (TPSA) is 59.3 Å². The van der Waals surface area contributed by atoms with E-state index in [1.54, 1.807) is 24.3 Å². The molecule has 2 rings (SSSR count). The van der Waals surface area contributed by atoms with Crippen LogP contribution in [0.15, 0.2) is 29.2 Å². The molecule has 0 saturated carbocycles. The lowest BCUT2D eigenvalue weighted by molar-refractivity contribution is -0.0423. The summed E-state index contributed by atoms with van der Waals surface area (Å²) >= 11 is 0. The van der Waals surface area contributed by atoms with E-state index in [1.165, 1.54) is 0 Å². The maximum atomic E-state index is 12.4. The van der Waals surface area contributed by atoms with Crippen molar-refractivity contribution in [1.29, 1.82) is 5.26 Å². The predicted molar refractivity (Wildman–Crippen MR) is 69.9 cm³/mol. The molecule has 4 nitrogen and oxygen atoms in total. The van der Waals surface area contributed by atoms with E-state index in [9.17, 15) is 4.21 Å². The van der Waals surface area contributed by atoms with Crippen LogP contribution >= 0.6 is 0 Å². The first-order chi connectivity index (χ1) is 8.62. The zero-order chi connectivity index (χ0) is 13.0. The van der Waals surface area contributed by atoms with Crippen LogP contribution in [0.2, 0.25) is 0 Å². The smallest absolute Gasteiger partial charge is 0.158 e. The average molecular weight is 265 g/mol. The zero-order valence-electron chi connectivity index (χ0n) is 10.0. The highest BCUT2D eigenvalue weighted by molar-refractivity contribution is 8.00. The summed E-state index contributed by atoms with van der Waals surface area (Å²) < 4.78 is 23.0. The minimum absolute atomic E-state index is 0.258. The molecule has 1 aliphatic rings. The van der Waals surface area contributed by atoms with E-state index in [0.717, 1.165) is 0 Å². The van der Waals surface area contributed by atoms with Crippen molar-refractivity contribution in [3.63, 3.8) is 0 Å². The Bertz CT molecular complexity index is 537. The molecule has 0 aromatic heterocycles. The van der Waals surface area contributed by atoms with E-state index >= 15 is 0 Å². The lowest BCUT2D eigenvalue weighted by Crippen LogP contribution is -2.15. The van der Waals surface area contributed by atoms with E-state index in [0.29, 0.717) is 35.8 Å². The van der Waals surface area contributed by atoms with Crippen LogP contribution in [0.25, 0.3) is 0 Å². The molecule has 0 radical (unpaired) electrons. The molecule has 0 spiro atoms. The minimum Gasteiger partial charge on any atom is -0.350 e. The fourth-order valence-corrected chi connectivity index (χ4v) is 3.20. The van der Waals surface area contributed by atoms with Gasteiger partial charge >= 0.3 is 0 Å². The van der Waals surface area contributed by atoms with Crippen LogP contribution < -0.4 is 0 Å². The lowest BCUT2D eigenvalue weighted by atomic mass is 10.2. The fraction of sp³-hybridized carbons (Fsp3) is 0.385. The van der Waals surface area contributed by atoms with Crippen LogP contribution in [0.1, 0.15) is 12.0 Å². The summed E-state index contributed by atoms with van der Waals surface area (Å²) in [6.45, 7) is 1.19. The van der Waals surface area contributed by atoms with Crippen molar-refractivity contribution in [2.45, 2.75) is 17.6 Å². The maximum absolute atomic E-state index is 12.4. The molecule has 18 heavy (non-hydrogen) atoms. The summed E-state index contributed by atoms with van der Waals surface area (Å²) in [7, 11) is -2.34. The molecule has 1 aliphatic heterocycles. The summed E-state index contributed by atoms with van der Waals surface area (Å²) in [4.78, 5) is 0.666. The van der Waals surface area contributed by atoms with Crippen molar-refractivity contribution in [1.82, 2.24) is 0 Å². The van der Waals surface area contributed by atoms with Gasteiger partial charge in [-0.1, -0.05) is 0 Å². The highest BCUT2D eigenvalue weighted by Gasteiger charge is 2.18. The number of nitrogens with zero attached hydrogens (tertiary/aromatic N) is 1. The molecule has 1 aromatic carbocycles. The Labute approximate surface area is 107 Å². The molecule has 0 aliphatic carbocycles. The zero-order valence-corrected chi connectivity index (χ0v) is 10.8. The highest BCUT2D eigenvalue weighted by Crippen LogP contribution is 2.16. The first-order valence-electron chi connectivity index (χ1n) is 5.70. The van der Waals surface area contributed by atoms with E-state index in [4.69, 9.17) is 14.7 Å². The van der Waals surface area contributed by atoms with E-state index in [1.807, 2.05) is 6.07 Å². The second kappa shape index (κ2) is 5.53. The fourth-order valence-electron chi connectivity index (χ4n) is 1.76. The standard InChI is InChI=1S/C13H15NO3S/c1-18(15,9-6-13-16-7-8-17-13)12-4-2-11(10-14)3-5-12/h2-5,13H,1,6-9H2. The third-order valence-corrected chi connectivity index (χ3v) is 4.81. The van der Waals surface area contributed by atoms with Crippen molar-refractivity contribution in [2.24, 2.45) is 0 Å². The van der Waals surface area contributed by atoms with Gasteiger partial charge in [-0.25, -0.2) is 0 Å². The van der Waals surface area contributed by atoms with Gasteiger partial charge in [0.05, 0.1) is 24.8 Å². The van der Waals surface area contributed by atoms with Crippen LogP contribution in [0, 0.1) is 11.3 Å². The molecule has 1 atom stereocenters. The van der Waals surface area contributed by atoms with Crippen LogP contribution in [0.4, 0.5) is 0 Å². The first-order valence-corrected chi connectivity index (χ1v) is 7.60. The van der Waals surface area contributed by atoms with Gasteiger partial charge in [0, 0.05) is 17.1 Å². The van der Waals surface area contributed by atoms with Crippen LogP contribution in [0.5, 0.6) is 0 Å². The molecule has 5 heteroatoms. The van der Waals surface area contributed by atoms with E-state index < -0.39 is 9.52 Å². The van der Waals surface area contributed by atoms with Gasteiger partial charge in [-0.15, -0.1) is 0 Å². The molecule has 1 heterocycles. The molecule has 1 fully saturated rings. The van der Waals surface area contributed by atoms with E-state index in [-0.39, 0.29) is 6.29 Å². The Kier molecular flexibility index (Phi) is 4.02. The molecule has 1 aromatic rings. The van der Waals surface area contributed by atoms with Crippen LogP contribution in [-0.4, -0.2) is 35.3 Å². The number of nitriles is 1.